The number of nitrogens with one attached hydrogen (secondary N) is 2. The fourth-order valence-corrected chi connectivity index (χ4v) is 2.49. The van der Waals surface area contributed by atoms with Crippen LogP contribution in [0.1, 0.15) is 38.3 Å². The summed E-state index contributed by atoms with van der Waals surface area (Å²) >= 11 is 0. The number of esters is 1. The van der Waals surface area contributed by atoms with Crippen LogP contribution in [0.2, 0.25) is 0 Å². The number of carbonyl (C=O) groups excluding carboxylic acids is 2. The van der Waals surface area contributed by atoms with E-state index in [-0.39, 0.29) is 6.03 Å². The highest BCUT2D eigenvalue weighted by atomic mass is 16.5. The minimum atomic E-state index is -0.603. The van der Waals surface area contributed by atoms with Crippen LogP contribution >= 0.6 is 0 Å². The van der Waals surface area contributed by atoms with Crippen molar-refractivity contribution in [2.75, 3.05) is 13.7 Å². The molecule has 23 heavy (non-hydrogen) atoms. The molecule has 0 saturated heterocycles. The molecule has 0 radical (unpaired) electrons. The summed E-state index contributed by atoms with van der Waals surface area (Å²) in [5.74, 6) is 0.172. The second kappa shape index (κ2) is 7.67. The van der Waals surface area contributed by atoms with Crippen molar-refractivity contribution in [1.82, 2.24) is 10.6 Å². The van der Waals surface area contributed by atoms with Crippen molar-refractivity contribution in [3.8, 4) is 5.75 Å². The molecule has 1 aromatic carbocycles. The topological polar surface area (TPSA) is 76.7 Å². The molecule has 2 amide bonds. The molecule has 1 atom stereocenters. The third-order valence-corrected chi connectivity index (χ3v) is 3.67. The average molecular weight is 318 g/mol. The first-order valence-electron chi connectivity index (χ1n) is 7.66. The predicted octanol–water partition coefficient (Wildman–Crippen LogP) is 2.67. The number of rotatable bonds is 6. The minimum absolute atomic E-state index is 0.358. The Balaban J connectivity index is 2.36. The van der Waals surface area contributed by atoms with Crippen LogP contribution in [0.4, 0.5) is 4.79 Å². The Morgan fingerprint density at radius 2 is 2.04 bits per heavy atom. The van der Waals surface area contributed by atoms with Gasteiger partial charge in [0.05, 0.1) is 25.3 Å². The molecule has 0 aromatic heterocycles. The summed E-state index contributed by atoms with van der Waals surface area (Å²) in [6.45, 7) is 4.08. The maximum atomic E-state index is 12.5. The van der Waals surface area contributed by atoms with Gasteiger partial charge in [-0.05, 0) is 19.4 Å². The molecule has 0 aliphatic carbocycles. The molecule has 0 bridgehead atoms. The van der Waals surface area contributed by atoms with Crippen LogP contribution < -0.4 is 15.4 Å². The third kappa shape index (κ3) is 3.83. The van der Waals surface area contributed by atoms with E-state index < -0.39 is 12.0 Å². The van der Waals surface area contributed by atoms with Crippen molar-refractivity contribution in [2.45, 2.75) is 32.7 Å². The second-order valence-corrected chi connectivity index (χ2v) is 5.30. The molecule has 1 aliphatic rings. The highest BCUT2D eigenvalue weighted by Crippen LogP contribution is 2.33. The molecule has 6 heteroatoms. The predicted molar refractivity (Wildman–Crippen MR) is 86.0 cm³/mol. The van der Waals surface area contributed by atoms with E-state index in [2.05, 4.69) is 10.6 Å². The van der Waals surface area contributed by atoms with Gasteiger partial charge in [0.2, 0.25) is 0 Å². The van der Waals surface area contributed by atoms with Crippen molar-refractivity contribution >= 4 is 12.0 Å². The van der Waals surface area contributed by atoms with Crippen LogP contribution in [-0.2, 0) is 9.53 Å². The Hall–Kier alpha value is -2.50. The van der Waals surface area contributed by atoms with Gasteiger partial charge in [-0.15, -0.1) is 0 Å². The maximum absolute atomic E-state index is 12.5. The zero-order chi connectivity index (χ0) is 16.8. The fourth-order valence-electron chi connectivity index (χ4n) is 2.49. The SMILES string of the molecule is CCCCOC(=O)C1=C(C)NC(=O)N[C@H]1c1ccccc1OC. The summed E-state index contributed by atoms with van der Waals surface area (Å²) < 4.78 is 10.7. The highest BCUT2D eigenvalue weighted by molar-refractivity contribution is 5.95. The van der Waals surface area contributed by atoms with E-state index in [4.69, 9.17) is 9.47 Å². The third-order valence-electron chi connectivity index (χ3n) is 3.67. The summed E-state index contributed by atoms with van der Waals surface area (Å²) in [6, 6.07) is 6.32. The standard InChI is InChI=1S/C17H22N2O4/c1-4-5-10-23-16(20)14-11(2)18-17(21)19-15(14)12-8-6-7-9-13(12)22-3/h6-9,15H,4-5,10H2,1-3H3,(H2,18,19,21)/t15-/m0/s1. The van der Waals surface area contributed by atoms with Gasteiger partial charge in [-0.3, -0.25) is 0 Å². The molecule has 1 aliphatic heterocycles. The molecule has 1 aromatic rings. The van der Waals surface area contributed by atoms with Crippen molar-refractivity contribution < 1.29 is 19.1 Å². The number of carbonyl (C=O) groups is 2. The summed E-state index contributed by atoms with van der Waals surface area (Å²) in [6.07, 6.45) is 1.74. The smallest absolute Gasteiger partial charge is 0.338 e. The lowest BCUT2D eigenvalue weighted by atomic mass is 9.95. The number of methoxy groups -OCH3 is 1. The van der Waals surface area contributed by atoms with Crippen molar-refractivity contribution in [3.63, 3.8) is 0 Å². The molecule has 0 unspecified atom stereocenters. The molecule has 124 valence electrons. The second-order valence-electron chi connectivity index (χ2n) is 5.30. The summed E-state index contributed by atoms with van der Waals surface area (Å²) in [5, 5.41) is 5.40. The van der Waals surface area contributed by atoms with E-state index in [1.807, 2.05) is 25.1 Å². The lowest BCUT2D eigenvalue weighted by Crippen LogP contribution is -2.45. The first kappa shape index (κ1) is 16.9. The highest BCUT2D eigenvalue weighted by Gasteiger charge is 2.33. The van der Waals surface area contributed by atoms with Crippen LogP contribution in [0.15, 0.2) is 35.5 Å². The van der Waals surface area contributed by atoms with Gasteiger partial charge in [-0.1, -0.05) is 31.5 Å². The van der Waals surface area contributed by atoms with Gasteiger partial charge in [0.1, 0.15) is 5.75 Å². The quantitative estimate of drug-likeness (QED) is 0.624. The summed E-state index contributed by atoms with van der Waals surface area (Å²) in [4.78, 5) is 24.3. The van der Waals surface area contributed by atoms with Crippen molar-refractivity contribution in [3.05, 3.63) is 41.1 Å². The number of benzene rings is 1. The van der Waals surface area contributed by atoms with Gasteiger partial charge in [0.25, 0.3) is 0 Å². The lowest BCUT2D eigenvalue weighted by Gasteiger charge is -2.29. The van der Waals surface area contributed by atoms with Gasteiger partial charge in [0.15, 0.2) is 0 Å². The summed E-state index contributed by atoms with van der Waals surface area (Å²) in [5.41, 5.74) is 1.60. The monoisotopic (exact) mass is 318 g/mol. The van der Waals surface area contributed by atoms with Crippen LogP contribution in [0.3, 0.4) is 0 Å². The summed E-state index contributed by atoms with van der Waals surface area (Å²) in [7, 11) is 1.55. The fraction of sp³-hybridized carbons (Fsp3) is 0.412. The molecule has 2 rings (SSSR count). The largest absolute Gasteiger partial charge is 0.496 e. The average Bonchev–Trinajstić information content (AvgIpc) is 2.54. The van der Waals surface area contributed by atoms with Crippen molar-refractivity contribution in [1.29, 1.82) is 0 Å². The first-order valence-corrected chi connectivity index (χ1v) is 7.66. The Morgan fingerprint density at radius 3 is 2.74 bits per heavy atom. The van der Waals surface area contributed by atoms with Crippen LogP contribution in [0.5, 0.6) is 5.75 Å². The van der Waals surface area contributed by atoms with Gasteiger partial charge in [0, 0.05) is 11.3 Å². The normalized spacial score (nSPS) is 17.3. The minimum Gasteiger partial charge on any atom is -0.496 e. The van der Waals surface area contributed by atoms with Crippen LogP contribution in [0, 0.1) is 0 Å². The van der Waals surface area contributed by atoms with Gasteiger partial charge < -0.3 is 20.1 Å². The Kier molecular flexibility index (Phi) is 5.62. The van der Waals surface area contributed by atoms with Gasteiger partial charge in [-0.25, -0.2) is 9.59 Å². The maximum Gasteiger partial charge on any atom is 0.338 e. The van der Waals surface area contributed by atoms with Crippen molar-refractivity contribution in [2.24, 2.45) is 0 Å². The van der Waals surface area contributed by atoms with Crippen LogP contribution in [-0.4, -0.2) is 25.7 Å². The molecular formula is C17H22N2O4. The molecule has 0 saturated carbocycles. The van der Waals surface area contributed by atoms with E-state index in [0.29, 0.717) is 29.2 Å². The number of urea groups is 1. The molecular weight excluding hydrogens is 296 g/mol. The molecule has 1 heterocycles. The van der Waals surface area contributed by atoms with E-state index >= 15 is 0 Å². The van der Waals surface area contributed by atoms with E-state index in [1.54, 1.807) is 20.1 Å². The van der Waals surface area contributed by atoms with Gasteiger partial charge in [-0.2, -0.15) is 0 Å². The number of ether oxygens (including phenoxy) is 2. The molecule has 6 nitrogen and oxygen atoms in total. The zero-order valence-corrected chi connectivity index (χ0v) is 13.6. The molecule has 2 N–H and O–H groups in total. The van der Waals surface area contributed by atoms with Gasteiger partial charge >= 0.3 is 12.0 Å². The molecule has 0 spiro atoms. The zero-order valence-electron chi connectivity index (χ0n) is 13.6. The van der Waals surface area contributed by atoms with E-state index in [0.717, 1.165) is 12.8 Å². The number of allylic oxidation sites excluding steroid dienone is 1. The van der Waals surface area contributed by atoms with Crippen LogP contribution in [0.25, 0.3) is 0 Å². The number of amides is 2. The number of hydrogen-bond acceptors (Lipinski definition) is 4. The lowest BCUT2D eigenvalue weighted by molar-refractivity contribution is -0.139. The van der Waals surface area contributed by atoms with E-state index in [9.17, 15) is 9.59 Å². The number of para-hydroxylation sites is 1. The molecule has 0 fully saturated rings. The number of unbranched alkanes of at least 4 members (excludes halogenated alkanes) is 1. The number of hydrogen-bond donors (Lipinski definition) is 2. The Morgan fingerprint density at radius 1 is 1.30 bits per heavy atom. The first-order chi connectivity index (χ1) is 11.1. The Bertz CT molecular complexity index is 625. The van der Waals surface area contributed by atoms with E-state index in [1.165, 1.54) is 0 Å². The Labute approximate surface area is 135 Å².